The molecule has 0 saturated carbocycles. The number of aliphatic imine (C=N–C) groups is 1. The minimum absolute atomic E-state index is 0. The van der Waals surface area contributed by atoms with Crippen LogP contribution in [0.3, 0.4) is 0 Å². The van der Waals surface area contributed by atoms with Gasteiger partial charge in [-0.25, -0.2) is 4.99 Å². The van der Waals surface area contributed by atoms with E-state index in [0.29, 0.717) is 12.5 Å². The van der Waals surface area contributed by atoms with Crippen LogP contribution >= 0.6 is 24.0 Å². The molecular formula is C12H15IN4O. The summed E-state index contributed by atoms with van der Waals surface area (Å²) in [6, 6.07) is 9.67. The highest BCUT2D eigenvalue weighted by Crippen LogP contribution is 2.08. The third-order valence-corrected chi connectivity index (χ3v) is 2.23. The summed E-state index contributed by atoms with van der Waals surface area (Å²) in [5.74, 6) is 0.358. The minimum Gasteiger partial charge on any atom is -0.370 e. The molecule has 0 unspecified atom stereocenters. The molecule has 96 valence electrons. The van der Waals surface area contributed by atoms with Gasteiger partial charge in [0.15, 0.2) is 5.96 Å². The Morgan fingerprint density at radius 1 is 1.33 bits per heavy atom. The molecule has 3 N–H and O–H groups in total. The van der Waals surface area contributed by atoms with Gasteiger partial charge in [-0.15, -0.1) is 24.0 Å². The Morgan fingerprint density at radius 3 is 2.67 bits per heavy atom. The van der Waals surface area contributed by atoms with Crippen LogP contribution in [0.2, 0.25) is 0 Å². The lowest BCUT2D eigenvalue weighted by Gasteiger charge is -2.05. The third-order valence-electron chi connectivity index (χ3n) is 2.23. The van der Waals surface area contributed by atoms with Gasteiger partial charge in [-0.2, -0.15) is 0 Å². The maximum Gasteiger partial charge on any atom is 0.193 e. The largest absolute Gasteiger partial charge is 0.370 e. The summed E-state index contributed by atoms with van der Waals surface area (Å²) >= 11 is 0. The maximum absolute atomic E-state index is 5.74. The Hall–Kier alpha value is -1.57. The zero-order valence-corrected chi connectivity index (χ0v) is 12.3. The number of halogens is 1. The molecule has 0 spiro atoms. The quantitative estimate of drug-likeness (QED) is 0.502. The zero-order chi connectivity index (χ0) is 12.1. The van der Waals surface area contributed by atoms with Crippen LogP contribution in [0.1, 0.15) is 11.3 Å². The van der Waals surface area contributed by atoms with Crippen molar-refractivity contribution >= 4 is 35.6 Å². The number of anilines is 1. The highest BCUT2D eigenvalue weighted by atomic mass is 127. The third kappa shape index (κ3) is 4.36. The van der Waals surface area contributed by atoms with E-state index in [1.165, 1.54) is 11.8 Å². The Balaban J connectivity index is 0.00000162. The smallest absolute Gasteiger partial charge is 0.193 e. The first kappa shape index (κ1) is 14.5. The fourth-order valence-electron chi connectivity index (χ4n) is 1.31. The predicted octanol–water partition coefficient (Wildman–Crippen LogP) is 2.53. The molecule has 5 nitrogen and oxygen atoms in total. The molecule has 0 aliphatic heterocycles. The van der Waals surface area contributed by atoms with Crippen molar-refractivity contribution < 1.29 is 4.52 Å². The van der Waals surface area contributed by atoms with Gasteiger partial charge in [0.2, 0.25) is 0 Å². The number of nitrogens with zero attached hydrogens (tertiary/aromatic N) is 2. The molecule has 2 rings (SSSR count). The summed E-state index contributed by atoms with van der Waals surface area (Å²) in [4.78, 5) is 4.15. The molecule has 0 aliphatic carbocycles. The standard InChI is InChI=1S/C12H14N4O.HI/c1-9-2-4-10(5-3-9)15-12(13)14-8-11-6-7-17-16-11;/h2-7H,8H2,1H3,(H3,13,14,15);1H. The van der Waals surface area contributed by atoms with Crippen LogP contribution in [-0.4, -0.2) is 11.1 Å². The summed E-state index contributed by atoms with van der Waals surface area (Å²) in [6.45, 7) is 2.44. The molecular weight excluding hydrogens is 343 g/mol. The molecule has 18 heavy (non-hydrogen) atoms. The van der Waals surface area contributed by atoms with Crippen molar-refractivity contribution in [3.05, 3.63) is 47.9 Å². The second-order valence-electron chi connectivity index (χ2n) is 3.68. The molecule has 0 aliphatic rings. The average Bonchev–Trinajstić information content (AvgIpc) is 2.83. The van der Waals surface area contributed by atoms with E-state index in [2.05, 4.69) is 15.5 Å². The van der Waals surface area contributed by atoms with E-state index in [1.807, 2.05) is 31.2 Å². The second kappa shape index (κ2) is 7.00. The van der Waals surface area contributed by atoms with Crippen LogP contribution in [0.5, 0.6) is 0 Å². The molecule has 2 aromatic rings. The molecule has 0 bridgehead atoms. The summed E-state index contributed by atoms with van der Waals surface area (Å²) in [5.41, 5.74) is 8.61. The van der Waals surface area contributed by atoms with E-state index in [9.17, 15) is 0 Å². The highest BCUT2D eigenvalue weighted by molar-refractivity contribution is 14.0. The Kier molecular flexibility index (Phi) is 5.63. The van der Waals surface area contributed by atoms with Gasteiger partial charge in [0.25, 0.3) is 0 Å². The number of aromatic nitrogens is 1. The monoisotopic (exact) mass is 358 g/mol. The van der Waals surface area contributed by atoms with E-state index in [-0.39, 0.29) is 24.0 Å². The minimum atomic E-state index is 0. The van der Waals surface area contributed by atoms with Gasteiger partial charge >= 0.3 is 0 Å². The van der Waals surface area contributed by atoms with Crippen LogP contribution in [0.4, 0.5) is 5.69 Å². The number of hydrogen-bond donors (Lipinski definition) is 2. The molecule has 0 amide bonds. The Bertz CT molecular complexity index is 493. The fraction of sp³-hybridized carbons (Fsp3) is 0.167. The van der Waals surface area contributed by atoms with E-state index in [1.54, 1.807) is 6.07 Å². The van der Waals surface area contributed by atoms with Crippen LogP contribution in [0.15, 0.2) is 46.1 Å². The van der Waals surface area contributed by atoms with Crippen LogP contribution < -0.4 is 11.1 Å². The first-order valence-electron chi connectivity index (χ1n) is 5.27. The number of aryl methyl sites for hydroxylation is 1. The van der Waals surface area contributed by atoms with Gasteiger partial charge in [0.1, 0.15) is 12.0 Å². The average molecular weight is 358 g/mol. The fourth-order valence-corrected chi connectivity index (χ4v) is 1.31. The van der Waals surface area contributed by atoms with E-state index < -0.39 is 0 Å². The molecule has 0 radical (unpaired) electrons. The molecule has 1 heterocycles. The van der Waals surface area contributed by atoms with E-state index >= 15 is 0 Å². The topological polar surface area (TPSA) is 76.4 Å². The van der Waals surface area contributed by atoms with Crippen molar-refractivity contribution in [3.63, 3.8) is 0 Å². The summed E-state index contributed by atoms with van der Waals surface area (Å²) < 4.78 is 4.70. The lowest BCUT2D eigenvalue weighted by Crippen LogP contribution is -2.22. The zero-order valence-electron chi connectivity index (χ0n) is 9.96. The number of benzene rings is 1. The predicted molar refractivity (Wildman–Crippen MR) is 82.0 cm³/mol. The van der Waals surface area contributed by atoms with Crippen molar-refractivity contribution in [2.75, 3.05) is 5.32 Å². The Morgan fingerprint density at radius 2 is 2.06 bits per heavy atom. The van der Waals surface area contributed by atoms with Gasteiger partial charge in [-0.3, -0.25) is 0 Å². The van der Waals surface area contributed by atoms with E-state index in [0.717, 1.165) is 11.4 Å². The molecule has 0 fully saturated rings. The number of nitrogens with one attached hydrogen (secondary N) is 1. The van der Waals surface area contributed by atoms with Gasteiger partial charge in [-0.05, 0) is 19.1 Å². The van der Waals surface area contributed by atoms with Crippen molar-refractivity contribution in [2.45, 2.75) is 13.5 Å². The van der Waals surface area contributed by atoms with Gasteiger partial charge in [0.05, 0.1) is 6.54 Å². The number of nitrogens with two attached hydrogens (primary N) is 1. The van der Waals surface area contributed by atoms with E-state index in [4.69, 9.17) is 10.3 Å². The van der Waals surface area contributed by atoms with Gasteiger partial charge in [-0.1, -0.05) is 22.9 Å². The number of guanidine groups is 1. The normalized spacial score (nSPS) is 10.8. The second-order valence-corrected chi connectivity index (χ2v) is 3.68. The molecule has 1 aromatic heterocycles. The molecule has 1 aromatic carbocycles. The maximum atomic E-state index is 5.74. The summed E-state index contributed by atoms with van der Waals surface area (Å²) in [5, 5.41) is 6.74. The van der Waals surface area contributed by atoms with Gasteiger partial charge in [0, 0.05) is 11.8 Å². The van der Waals surface area contributed by atoms with Gasteiger partial charge < -0.3 is 15.6 Å². The summed E-state index contributed by atoms with van der Waals surface area (Å²) in [7, 11) is 0. The number of rotatable bonds is 3. The first-order valence-corrected chi connectivity index (χ1v) is 5.27. The van der Waals surface area contributed by atoms with Crippen molar-refractivity contribution in [2.24, 2.45) is 10.7 Å². The van der Waals surface area contributed by atoms with Crippen molar-refractivity contribution in [1.82, 2.24) is 5.16 Å². The van der Waals surface area contributed by atoms with Crippen molar-refractivity contribution in [1.29, 1.82) is 0 Å². The van der Waals surface area contributed by atoms with Crippen LogP contribution in [0, 0.1) is 6.92 Å². The van der Waals surface area contributed by atoms with Crippen molar-refractivity contribution in [3.8, 4) is 0 Å². The summed E-state index contributed by atoms with van der Waals surface area (Å²) in [6.07, 6.45) is 1.51. The molecule has 0 atom stereocenters. The molecule has 0 saturated heterocycles. The number of hydrogen-bond acceptors (Lipinski definition) is 3. The van der Waals surface area contributed by atoms with Crippen LogP contribution in [0.25, 0.3) is 0 Å². The molecule has 6 heteroatoms. The SMILES string of the molecule is Cc1ccc(NC(N)=NCc2ccon2)cc1.I. The van der Waals surface area contributed by atoms with Crippen LogP contribution in [-0.2, 0) is 6.54 Å². The highest BCUT2D eigenvalue weighted by Gasteiger charge is 1.97. The first-order chi connectivity index (χ1) is 8.24. The lowest BCUT2D eigenvalue weighted by molar-refractivity contribution is 0.412. The Labute approximate surface area is 122 Å². The lowest BCUT2D eigenvalue weighted by atomic mass is 10.2.